The summed E-state index contributed by atoms with van der Waals surface area (Å²) in [4.78, 5) is 25.6. The molecule has 6 nitrogen and oxygen atoms in total. The van der Waals surface area contributed by atoms with Crippen LogP contribution in [-0.4, -0.2) is 52.3 Å². The molecule has 2 heterocycles. The number of carbonyl (C=O) groups is 2. The molecular formula is C26H25Cl2F3N2O4. The number of benzene rings is 2. The zero-order valence-corrected chi connectivity index (χ0v) is 21.7. The van der Waals surface area contributed by atoms with Crippen molar-refractivity contribution in [3.05, 3.63) is 68.3 Å². The molecule has 1 amide bonds. The average Bonchev–Trinajstić information content (AvgIpc) is 3.15. The molecule has 0 bridgehead atoms. The van der Waals surface area contributed by atoms with Gasteiger partial charge in [0, 0.05) is 48.2 Å². The average molecular weight is 557 g/mol. The van der Waals surface area contributed by atoms with Gasteiger partial charge in [0.2, 0.25) is 0 Å². The number of carboxylic acids is 1. The molecule has 4 rings (SSSR count). The topological polar surface area (TPSA) is 71.8 Å². The van der Waals surface area contributed by atoms with Gasteiger partial charge in [-0.2, -0.15) is 13.2 Å². The van der Waals surface area contributed by atoms with Crippen LogP contribution in [0.2, 0.25) is 10.0 Å². The number of likely N-dealkylation sites (tertiary alicyclic amines) is 1. The van der Waals surface area contributed by atoms with Crippen molar-refractivity contribution in [2.24, 2.45) is 7.05 Å². The Bertz CT molecular complexity index is 1360. The molecule has 3 aromatic rings. The maximum atomic E-state index is 13.3. The van der Waals surface area contributed by atoms with Crippen molar-refractivity contribution in [3.8, 4) is 0 Å². The van der Waals surface area contributed by atoms with E-state index in [1.807, 2.05) is 6.07 Å². The van der Waals surface area contributed by atoms with E-state index in [4.69, 9.17) is 33.0 Å². The summed E-state index contributed by atoms with van der Waals surface area (Å²) in [5, 5.41) is 10.0. The Morgan fingerprint density at radius 1 is 1.14 bits per heavy atom. The first-order chi connectivity index (χ1) is 17.4. The fourth-order valence-electron chi connectivity index (χ4n) is 4.69. The zero-order valence-electron chi connectivity index (χ0n) is 20.2. The number of fused-ring (bicyclic) bond motifs is 1. The number of alkyl halides is 3. The van der Waals surface area contributed by atoms with E-state index in [9.17, 15) is 22.8 Å². The molecule has 0 aliphatic carbocycles. The Hall–Kier alpha value is -2.75. The summed E-state index contributed by atoms with van der Waals surface area (Å²) >= 11 is 13.1. The number of hydrogen-bond donors (Lipinski definition) is 1. The number of aryl methyl sites for hydroxylation is 2. The Morgan fingerprint density at radius 2 is 1.81 bits per heavy atom. The molecule has 11 heteroatoms. The van der Waals surface area contributed by atoms with Gasteiger partial charge in [-0.05, 0) is 61.2 Å². The monoisotopic (exact) mass is 556 g/mol. The van der Waals surface area contributed by atoms with E-state index in [-0.39, 0.29) is 35.6 Å². The van der Waals surface area contributed by atoms with Crippen LogP contribution in [0.3, 0.4) is 0 Å². The highest BCUT2D eigenvalue weighted by Gasteiger charge is 2.32. The molecule has 37 heavy (non-hydrogen) atoms. The Balaban J connectivity index is 1.58. The molecule has 1 saturated heterocycles. The van der Waals surface area contributed by atoms with E-state index in [1.165, 1.54) is 0 Å². The molecule has 0 radical (unpaired) electrons. The van der Waals surface area contributed by atoms with E-state index in [0.717, 1.165) is 12.1 Å². The molecule has 0 unspecified atom stereocenters. The molecule has 0 spiro atoms. The van der Waals surface area contributed by atoms with Gasteiger partial charge in [-0.1, -0.05) is 23.2 Å². The highest BCUT2D eigenvalue weighted by Crippen LogP contribution is 2.36. The predicted molar refractivity (Wildman–Crippen MR) is 134 cm³/mol. The van der Waals surface area contributed by atoms with Crippen LogP contribution < -0.4 is 0 Å². The normalized spacial score (nSPS) is 14.9. The standard InChI is InChI=1S/C26H25Cl2F3N2O4/c1-14-9-15(26(29,30)31)10-22-19(14)11-16(32(22)2)12-20-21(27)4-3-18(24(20)28)25(36)33-7-5-17(6-8-33)37-13-23(34)35/h3-4,9-11,17H,5-8,12-13H2,1-2H3,(H,34,35). The lowest BCUT2D eigenvalue weighted by atomic mass is 10.0. The summed E-state index contributed by atoms with van der Waals surface area (Å²) in [5.41, 5.74) is 1.71. The van der Waals surface area contributed by atoms with E-state index >= 15 is 0 Å². The first-order valence-corrected chi connectivity index (χ1v) is 12.4. The quantitative estimate of drug-likeness (QED) is 0.397. The second kappa shape index (κ2) is 10.6. The van der Waals surface area contributed by atoms with Crippen LogP contribution in [0.1, 0.15) is 45.6 Å². The Labute approximate surface area is 221 Å². The maximum absolute atomic E-state index is 13.3. The van der Waals surface area contributed by atoms with E-state index < -0.39 is 17.7 Å². The number of amides is 1. The third-order valence-corrected chi connectivity index (χ3v) is 7.53. The van der Waals surface area contributed by atoms with Crippen molar-refractivity contribution < 1.29 is 32.6 Å². The molecule has 1 aliphatic heterocycles. The Kier molecular flexibility index (Phi) is 7.78. The van der Waals surface area contributed by atoms with Gasteiger partial charge in [0.05, 0.1) is 22.3 Å². The van der Waals surface area contributed by atoms with Crippen LogP contribution in [0.5, 0.6) is 0 Å². The molecule has 2 aromatic carbocycles. The minimum Gasteiger partial charge on any atom is -0.480 e. The fraction of sp³-hybridized carbons (Fsp3) is 0.385. The lowest BCUT2D eigenvalue weighted by molar-refractivity contribution is -0.145. The van der Waals surface area contributed by atoms with Gasteiger partial charge in [0.15, 0.2) is 0 Å². The molecule has 1 fully saturated rings. The second-order valence-electron chi connectivity index (χ2n) is 9.18. The van der Waals surface area contributed by atoms with Gasteiger partial charge in [0.25, 0.3) is 5.91 Å². The van der Waals surface area contributed by atoms with Crippen LogP contribution in [0.15, 0.2) is 30.3 Å². The van der Waals surface area contributed by atoms with Crippen LogP contribution in [0, 0.1) is 6.92 Å². The van der Waals surface area contributed by atoms with Gasteiger partial charge >= 0.3 is 12.1 Å². The van der Waals surface area contributed by atoms with E-state index in [2.05, 4.69) is 0 Å². The third-order valence-electron chi connectivity index (χ3n) is 6.74. The number of hydrogen-bond acceptors (Lipinski definition) is 3. The van der Waals surface area contributed by atoms with E-state index in [0.29, 0.717) is 58.7 Å². The molecule has 0 atom stereocenters. The summed E-state index contributed by atoms with van der Waals surface area (Å²) in [6, 6.07) is 7.22. The fourth-order valence-corrected chi connectivity index (χ4v) is 5.27. The summed E-state index contributed by atoms with van der Waals surface area (Å²) in [7, 11) is 1.69. The number of nitrogens with zero attached hydrogens (tertiary/aromatic N) is 2. The van der Waals surface area contributed by atoms with Gasteiger partial charge < -0.3 is 19.3 Å². The number of aromatic nitrogens is 1. The predicted octanol–water partition coefficient (Wildman–Crippen LogP) is 6.11. The summed E-state index contributed by atoms with van der Waals surface area (Å²) in [5.74, 6) is -1.32. The number of piperidine rings is 1. The smallest absolute Gasteiger partial charge is 0.416 e. The van der Waals surface area contributed by atoms with Crippen molar-refractivity contribution in [2.75, 3.05) is 19.7 Å². The molecule has 1 aromatic heterocycles. The Morgan fingerprint density at radius 3 is 2.43 bits per heavy atom. The van der Waals surface area contributed by atoms with Gasteiger partial charge in [-0.3, -0.25) is 4.79 Å². The third kappa shape index (κ3) is 5.73. The molecular weight excluding hydrogens is 532 g/mol. The number of carbonyl (C=O) groups excluding carboxylic acids is 1. The first-order valence-electron chi connectivity index (χ1n) is 11.6. The summed E-state index contributed by atoms with van der Waals surface area (Å²) in [6.07, 6.45) is -3.46. The summed E-state index contributed by atoms with van der Waals surface area (Å²) < 4.78 is 47.0. The zero-order chi connectivity index (χ0) is 27.1. The van der Waals surface area contributed by atoms with Crippen molar-refractivity contribution >= 4 is 46.0 Å². The van der Waals surface area contributed by atoms with Crippen LogP contribution >= 0.6 is 23.2 Å². The van der Waals surface area contributed by atoms with Crippen LogP contribution in [0.25, 0.3) is 10.9 Å². The molecule has 198 valence electrons. The highest BCUT2D eigenvalue weighted by atomic mass is 35.5. The van der Waals surface area contributed by atoms with Crippen molar-refractivity contribution in [3.63, 3.8) is 0 Å². The lowest BCUT2D eigenvalue weighted by Crippen LogP contribution is -2.41. The van der Waals surface area contributed by atoms with Gasteiger partial charge in [-0.15, -0.1) is 0 Å². The molecule has 1 aliphatic rings. The highest BCUT2D eigenvalue weighted by molar-refractivity contribution is 6.38. The maximum Gasteiger partial charge on any atom is 0.416 e. The minimum atomic E-state index is -4.46. The first kappa shape index (κ1) is 27.3. The van der Waals surface area contributed by atoms with Crippen molar-refractivity contribution in [2.45, 2.75) is 38.5 Å². The minimum absolute atomic E-state index is 0.194. The van der Waals surface area contributed by atoms with Gasteiger partial charge in [0.1, 0.15) is 6.61 Å². The largest absolute Gasteiger partial charge is 0.480 e. The lowest BCUT2D eigenvalue weighted by Gasteiger charge is -2.32. The SMILES string of the molecule is Cc1cc(C(F)(F)F)cc2c1cc(Cc1c(Cl)ccc(C(=O)N3CCC(OCC(=O)O)CC3)c1Cl)n2C. The van der Waals surface area contributed by atoms with Crippen LogP contribution in [-0.2, 0) is 29.2 Å². The number of carboxylic acid groups (broad SMARTS) is 1. The summed E-state index contributed by atoms with van der Waals surface area (Å²) in [6.45, 7) is 2.04. The number of ether oxygens (including phenoxy) is 1. The van der Waals surface area contributed by atoms with Crippen molar-refractivity contribution in [1.82, 2.24) is 9.47 Å². The number of rotatable bonds is 6. The van der Waals surface area contributed by atoms with E-state index in [1.54, 1.807) is 35.6 Å². The van der Waals surface area contributed by atoms with Crippen LogP contribution in [0.4, 0.5) is 13.2 Å². The number of halogens is 5. The number of aliphatic carboxylic acids is 1. The van der Waals surface area contributed by atoms with Crippen molar-refractivity contribution in [1.29, 1.82) is 0 Å². The molecule has 0 saturated carbocycles. The second-order valence-corrected chi connectivity index (χ2v) is 9.96. The molecule has 1 N–H and O–H groups in total. The van der Waals surface area contributed by atoms with Gasteiger partial charge in [-0.25, -0.2) is 4.79 Å².